The van der Waals surface area contributed by atoms with E-state index < -0.39 is 5.97 Å². The van der Waals surface area contributed by atoms with Crippen molar-refractivity contribution in [2.24, 2.45) is 0 Å². The summed E-state index contributed by atoms with van der Waals surface area (Å²) in [5.74, 6) is 0.0762. The standard InChI is InChI=1S/C17H17NO4/c1-10-16(11(2)19)14(9-15(18-10)17(20)22-4)12-5-7-13(21-3)8-6-12/h5-9H,1-4H3. The maximum absolute atomic E-state index is 12.0. The first-order valence-corrected chi connectivity index (χ1v) is 6.73. The minimum absolute atomic E-state index is 0.104. The summed E-state index contributed by atoms with van der Waals surface area (Å²) in [6, 6.07) is 8.85. The fourth-order valence-corrected chi connectivity index (χ4v) is 2.32. The summed E-state index contributed by atoms with van der Waals surface area (Å²) in [7, 11) is 2.88. The first-order chi connectivity index (χ1) is 10.5. The number of aryl methyl sites for hydroxylation is 1. The predicted molar refractivity (Wildman–Crippen MR) is 82.3 cm³/mol. The number of rotatable bonds is 4. The molecule has 0 saturated heterocycles. The maximum atomic E-state index is 12.0. The van der Waals surface area contributed by atoms with Crippen LogP contribution in [0.1, 0.15) is 33.5 Å². The van der Waals surface area contributed by atoms with Crippen molar-refractivity contribution in [2.45, 2.75) is 13.8 Å². The van der Waals surface area contributed by atoms with Gasteiger partial charge in [0.15, 0.2) is 5.78 Å². The zero-order valence-electron chi connectivity index (χ0n) is 13.0. The van der Waals surface area contributed by atoms with Gasteiger partial charge in [-0.3, -0.25) is 4.79 Å². The molecule has 0 fully saturated rings. The first-order valence-electron chi connectivity index (χ1n) is 6.73. The topological polar surface area (TPSA) is 65.5 Å². The van der Waals surface area contributed by atoms with E-state index in [0.29, 0.717) is 22.6 Å². The normalized spacial score (nSPS) is 10.2. The molecule has 1 aromatic heterocycles. The molecule has 1 aromatic carbocycles. The predicted octanol–water partition coefficient (Wildman–Crippen LogP) is 3.05. The molecule has 114 valence electrons. The molecule has 0 radical (unpaired) electrons. The molecule has 2 rings (SSSR count). The summed E-state index contributed by atoms with van der Waals surface area (Å²) in [5.41, 5.74) is 2.64. The van der Waals surface area contributed by atoms with Gasteiger partial charge in [-0.25, -0.2) is 9.78 Å². The number of benzene rings is 1. The molecule has 22 heavy (non-hydrogen) atoms. The Balaban J connectivity index is 2.66. The molecule has 5 nitrogen and oxygen atoms in total. The Morgan fingerprint density at radius 1 is 1.09 bits per heavy atom. The molecule has 0 unspecified atom stereocenters. The molecule has 0 aliphatic carbocycles. The number of ether oxygens (including phenoxy) is 2. The van der Waals surface area contributed by atoms with Crippen molar-refractivity contribution in [3.05, 3.63) is 47.3 Å². The highest BCUT2D eigenvalue weighted by atomic mass is 16.5. The molecular weight excluding hydrogens is 282 g/mol. The molecule has 0 amide bonds. The summed E-state index contributed by atoms with van der Waals surface area (Å²) in [4.78, 5) is 27.9. The number of hydrogen-bond acceptors (Lipinski definition) is 5. The quantitative estimate of drug-likeness (QED) is 0.641. The van der Waals surface area contributed by atoms with Crippen LogP contribution in [0.25, 0.3) is 11.1 Å². The lowest BCUT2D eigenvalue weighted by molar-refractivity contribution is 0.0593. The molecular formula is C17H17NO4. The number of pyridine rings is 1. The van der Waals surface area contributed by atoms with E-state index in [9.17, 15) is 9.59 Å². The number of carbonyl (C=O) groups excluding carboxylic acids is 2. The van der Waals surface area contributed by atoms with Crippen molar-refractivity contribution in [2.75, 3.05) is 14.2 Å². The smallest absolute Gasteiger partial charge is 0.356 e. The number of methoxy groups -OCH3 is 2. The first kappa shape index (κ1) is 15.7. The summed E-state index contributed by atoms with van der Waals surface area (Å²) in [6.07, 6.45) is 0. The van der Waals surface area contributed by atoms with Crippen molar-refractivity contribution in [3.63, 3.8) is 0 Å². The molecule has 5 heteroatoms. The van der Waals surface area contributed by atoms with Gasteiger partial charge in [0.05, 0.1) is 14.2 Å². The van der Waals surface area contributed by atoms with Crippen molar-refractivity contribution in [1.82, 2.24) is 4.98 Å². The Kier molecular flexibility index (Phi) is 4.56. The lowest BCUT2D eigenvalue weighted by atomic mass is 9.96. The molecule has 0 saturated carbocycles. The maximum Gasteiger partial charge on any atom is 0.356 e. The van der Waals surface area contributed by atoms with Gasteiger partial charge >= 0.3 is 5.97 Å². The van der Waals surface area contributed by atoms with E-state index in [2.05, 4.69) is 4.98 Å². The Hall–Kier alpha value is -2.69. The van der Waals surface area contributed by atoms with Crippen LogP contribution in [0.3, 0.4) is 0 Å². The number of ketones is 1. The van der Waals surface area contributed by atoms with Crippen molar-refractivity contribution >= 4 is 11.8 Å². The second-order valence-electron chi connectivity index (χ2n) is 4.79. The van der Waals surface area contributed by atoms with Crippen LogP contribution < -0.4 is 4.74 Å². The van der Waals surface area contributed by atoms with E-state index in [1.54, 1.807) is 32.2 Å². The van der Waals surface area contributed by atoms with E-state index in [1.165, 1.54) is 14.0 Å². The fourth-order valence-electron chi connectivity index (χ4n) is 2.32. The van der Waals surface area contributed by atoms with Gasteiger partial charge < -0.3 is 9.47 Å². The Morgan fingerprint density at radius 2 is 1.73 bits per heavy atom. The Bertz CT molecular complexity index is 720. The average Bonchev–Trinajstić information content (AvgIpc) is 2.52. The molecule has 0 N–H and O–H groups in total. The molecule has 0 spiro atoms. The number of aromatic nitrogens is 1. The van der Waals surface area contributed by atoms with Gasteiger partial charge in [-0.05, 0) is 43.2 Å². The largest absolute Gasteiger partial charge is 0.497 e. The minimum Gasteiger partial charge on any atom is -0.497 e. The van der Waals surface area contributed by atoms with Crippen LogP contribution in [-0.2, 0) is 4.74 Å². The van der Waals surface area contributed by atoms with E-state index in [0.717, 1.165) is 5.56 Å². The summed E-state index contributed by atoms with van der Waals surface area (Å²) >= 11 is 0. The monoisotopic (exact) mass is 299 g/mol. The number of esters is 1. The second-order valence-corrected chi connectivity index (χ2v) is 4.79. The van der Waals surface area contributed by atoms with Gasteiger partial charge in [0.25, 0.3) is 0 Å². The van der Waals surface area contributed by atoms with Gasteiger partial charge in [0.1, 0.15) is 11.4 Å². The van der Waals surface area contributed by atoms with Crippen LogP contribution in [0.4, 0.5) is 0 Å². The van der Waals surface area contributed by atoms with Crippen molar-refractivity contribution in [1.29, 1.82) is 0 Å². The summed E-state index contributed by atoms with van der Waals surface area (Å²) in [6.45, 7) is 3.19. The van der Waals surface area contributed by atoms with Crippen LogP contribution >= 0.6 is 0 Å². The molecule has 0 aliphatic heterocycles. The molecule has 0 bridgehead atoms. The van der Waals surface area contributed by atoms with Gasteiger partial charge in [-0.15, -0.1) is 0 Å². The van der Waals surface area contributed by atoms with Crippen LogP contribution in [0, 0.1) is 6.92 Å². The van der Waals surface area contributed by atoms with Crippen molar-refractivity contribution < 1.29 is 19.1 Å². The lowest BCUT2D eigenvalue weighted by Crippen LogP contribution is -2.10. The number of hydrogen-bond donors (Lipinski definition) is 0. The number of nitrogens with zero attached hydrogens (tertiary/aromatic N) is 1. The van der Waals surface area contributed by atoms with Crippen LogP contribution in [0.5, 0.6) is 5.75 Å². The Labute approximate surface area is 128 Å². The molecule has 2 aromatic rings. The fraction of sp³-hybridized carbons (Fsp3) is 0.235. The van der Waals surface area contributed by atoms with E-state index in [-0.39, 0.29) is 11.5 Å². The van der Waals surface area contributed by atoms with E-state index in [1.807, 2.05) is 12.1 Å². The Morgan fingerprint density at radius 3 is 2.23 bits per heavy atom. The molecule has 1 heterocycles. The zero-order valence-corrected chi connectivity index (χ0v) is 13.0. The van der Waals surface area contributed by atoms with Gasteiger partial charge in [-0.1, -0.05) is 12.1 Å². The van der Waals surface area contributed by atoms with Crippen LogP contribution in [0.15, 0.2) is 30.3 Å². The summed E-state index contributed by atoms with van der Waals surface area (Å²) < 4.78 is 9.85. The number of carbonyl (C=O) groups is 2. The third-order valence-corrected chi connectivity index (χ3v) is 3.35. The highest BCUT2D eigenvalue weighted by Crippen LogP contribution is 2.28. The van der Waals surface area contributed by atoms with Gasteiger partial charge in [-0.2, -0.15) is 0 Å². The van der Waals surface area contributed by atoms with E-state index >= 15 is 0 Å². The lowest BCUT2D eigenvalue weighted by Gasteiger charge is -2.12. The third kappa shape index (κ3) is 2.98. The van der Waals surface area contributed by atoms with Crippen molar-refractivity contribution in [3.8, 4) is 16.9 Å². The second kappa shape index (κ2) is 6.39. The molecule has 0 aliphatic rings. The van der Waals surface area contributed by atoms with Crippen LogP contribution in [-0.4, -0.2) is 31.0 Å². The average molecular weight is 299 g/mol. The van der Waals surface area contributed by atoms with E-state index in [4.69, 9.17) is 9.47 Å². The molecule has 0 atom stereocenters. The third-order valence-electron chi connectivity index (χ3n) is 3.35. The van der Waals surface area contributed by atoms with Gasteiger partial charge in [0, 0.05) is 11.3 Å². The summed E-state index contributed by atoms with van der Waals surface area (Å²) in [5, 5.41) is 0. The van der Waals surface area contributed by atoms with Crippen LogP contribution in [0.2, 0.25) is 0 Å². The SMILES string of the molecule is COC(=O)c1cc(-c2ccc(OC)cc2)c(C(C)=O)c(C)n1. The highest BCUT2D eigenvalue weighted by molar-refractivity contribution is 6.03. The zero-order chi connectivity index (χ0) is 16.3. The number of Topliss-reactive ketones (excluding diaryl/α,β-unsaturated/α-hetero) is 1. The minimum atomic E-state index is -0.534. The highest BCUT2D eigenvalue weighted by Gasteiger charge is 2.18. The van der Waals surface area contributed by atoms with Gasteiger partial charge in [0.2, 0.25) is 0 Å².